The zero-order valence-electron chi connectivity index (χ0n) is 8.55. The second-order valence-electron chi connectivity index (χ2n) is 3.51. The van der Waals surface area contributed by atoms with Gasteiger partial charge in [0.05, 0.1) is 16.6 Å². The van der Waals surface area contributed by atoms with E-state index in [-0.39, 0.29) is 0 Å². The minimum absolute atomic E-state index is 1.06. The van der Waals surface area contributed by atoms with Crippen molar-refractivity contribution in [1.29, 1.82) is 0 Å². The van der Waals surface area contributed by atoms with Crippen molar-refractivity contribution >= 4 is 32.8 Å². The van der Waals surface area contributed by atoms with E-state index in [1.165, 1.54) is 10.1 Å². The monoisotopic (exact) mass is 226 g/mol. The second-order valence-corrected chi connectivity index (χ2v) is 4.46. The lowest BCUT2D eigenvalue weighted by Crippen LogP contribution is -1.90. The number of nitrogens with zero attached hydrogens (tertiary/aromatic N) is 1. The number of benzene rings is 1. The molecule has 0 bridgehead atoms. The third-order valence-electron chi connectivity index (χ3n) is 2.43. The van der Waals surface area contributed by atoms with Crippen molar-refractivity contribution in [2.24, 2.45) is 0 Å². The summed E-state index contributed by atoms with van der Waals surface area (Å²) in [5.41, 5.74) is 2.15. The highest BCUT2D eigenvalue weighted by Crippen LogP contribution is 2.28. The van der Waals surface area contributed by atoms with E-state index in [4.69, 9.17) is 0 Å². The van der Waals surface area contributed by atoms with Gasteiger partial charge in [0, 0.05) is 17.3 Å². The van der Waals surface area contributed by atoms with Crippen molar-refractivity contribution in [1.82, 2.24) is 4.98 Å². The lowest BCUT2D eigenvalue weighted by Gasteiger charge is -2.06. The maximum Gasteiger partial charge on any atom is 0.0658 e. The molecule has 1 aromatic carbocycles. The topological polar surface area (TPSA) is 24.9 Å². The SMILES string of the molecule is c1ccc(Nc2cncc3sccc23)cc1. The highest BCUT2D eigenvalue weighted by molar-refractivity contribution is 7.17. The van der Waals surface area contributed by atoms with Gasteiger partial charge in [-0.05, 0) is 23.6 Å². The average molecular weight is 226 g/mol. The highest BCUT2D eigenvalue weighted by atomic mass is 32.1. The molecule has 0 aliphatic carbocycles. The molecule has 0 fully saturated rings. The molecule has 1 N–H and O–H groups in total. The normalized spacial score (nSPS) is 10.5. The number of thiophene rings is 1. The van der Waals surface area contributed by atoms with E-state index in [0.717, 1.165) is 11.4 Å². The Kier molecular flexibility index (Phi) is 2.31. The van der Waals surface area contributed by atoms with Gasteiger partial charge in [0.1, 0.15) is 0 Å². The molecule has 0 saturated heterocycles. The molecule has 3 heteroatoms. The van der Waals surface area contributed by atoms with Crippen LogP contribution in [0.25, 0.3) is 10.1 Å². The Labute approximate surface area is 97.6 Å². The molecule has 3 aromatic rings. The summed E-state index contributed by atoms with van der Waals surface area (Å²) < 4.78 is 1.21. The van der Waals surface area contributed by atoms with E-state index in [1.807, 2.05) is 42.7 Å². The molecule has 0 radical (unpaired) electrons. The van der Waals surface area contributed by atoms with Crippen LogP contribution < -0.4 is 5.32 Å². The first-order valence-electron chi connectivity index (χ1n) is 5.07. The average Bonchev–Trinajstić information content (AvgIpc) is 2.80. The van der Waals surface area contributed by atoms with Gasteiger partial charge in [-0.15, -0.1) is 11.3 Å². The first-order valence-corrected chi connectivity index (χ1v) is 5.95. The number of hydrogen-bond acceptors (Lipinski definition) is 3. The minimum Gasteiger partial charge on any atom is -0.354 e. The van der Waals surface area contributed by atoms with E-state index in [2.05, 4.69) is 21.7 Å². The molecule has 78 valence electrons. The van der Waals surface area contributed by atoms with Crippen LogP contribution in [0.5, 0.6) is 0 Å². The largest absolute Gasteiger partial charge is 0.354 e. The molecule has 0 aliphatic rings. The molecule has 0 amide bonds. The molecule has 0 unspecified atom stereocenters. The van der Waals surface area contributed by atoms with Crippen molar-refractivity contribution in [2.75, 3.05) is 5.32 Å². The quantitative estimate of drug-likeness (QED) is 0.713. The Morgan fingerprint density at radius 1 is 1.00 bits per heavy atom. The van der Waals surface area contributed by atoms with Crippen LogP contribution in [0.2, 0.25) is 0 Å². The third-order valence-corrected chi connectivity index (χ3v) is 3.28. The van der Waals surface area contributed by atoms with Crippen LogP contribution in [-0.4, -0.2) is 4.98 Å². The van der Waals surface area contributed by atoms with Gasteiger partial charge in [0.25, 0.3) is 0 Å². The maximum atomic E-state index is 4.23. The van der Waals surface area contributed by atoms with Crippen LogP contribution in [-0.2, 0) is 0 Å². The zero-order valence-corrected chi connectivity index (χ0v) is 9.37. The fraction of sp³-hybridized carbons (Fsp3) is 0. The minimum atomic E-state index is 1.06. The van der Waals surface area contributed by atoms with E-state index < -0.39 is 0 Å². The van der Waals surface area contributed by atoms with E-state index in [9.17, 15) is 0 Å². The maximum absolute atomic E-state index is 4.23. The van der Waals surface area contributed by atoms with Gasteiger partial charge in [-0.3, -0.25) is 4.98 Å². The fourth-order valence-electron chi connectivity index (χ4n) is 1.67. The van der Waals surface area contributed by atoms with Crippen molar-refractivity contribution in [3.63, 3.8) is 0 Å². The lowest BCUT2D eigenvalue weighted by molar-refractivity contribution is 1.36. The molecule has 2 aromatic heterocycles. The molecule has 3 rings (SSSR count). The van der Waals surface area contributed by atoms with Crippen LogP contribution >= 0.6 is 11.3 Å². The summed E-state index contributed by atoms with van der Waals surface area (Å²) in [6.45, 7) is 0. The number of aromatic nitrogens is 1. The number of hydrogen-bond donors (Lipinski definition) is 1. The van der Waals surface area contributed by atoms with Crippen LogP contribution in [0.3, 0.4) is 0 Å². The predicted molar refractivity (Wildman–Crippen MR) is 69.3 cm³/mol. The highest BCUT2D eigenvalue weighted by Gasteiger charge is 2.02. The Hall–Kier alpha value is -1.87. The van der Waals surface area contributed by atoms with Crippen LogP contribution in [0.15, 0.2) is 54.2 Å². The first kappa shape index (κ1) is 9.36. The summed E-state index contributed by atoms with van der Waals surface area (Å²) in [5, 5.41) is 6.69. The lowest BCUT2D eigenvalue weighted by atomic mass is 10.2. The summed E-state index contributed by atoms with van der Waals surface area (Å²) >= 11 is 1.71. The van der Waals surface area contributed by atoms with Crippen molar-refractivity contribution in [3.8, 4) is 0 Å². The van der Waals surface area contributed by atoms with E-state index in [0.29, 0.717) is 0 Å². The van der Waals surface area contributed by atoms with Crippen molar-refractivity contribution in [3.05, 3.63) is 54.2 Å². The van der Waals surface area contributed by atoms with Crippen molar-refractivity contribution in [2.45, 2.75) is 0 Å². The number of para-hydroxylation sites is 1. The van der Waals surface area contributed by atoms with Crippen LogP contribution in [0, 0.1) is 0 Å². The number of rotatable bonds is 2. The van der Waals surface area contributed by atoms with Crippen LogP contribution in [0.4, 0.5) is 11.4 Å². The van der Waals surface area contributed by atoms with Crippen LogP contribution in [0.1, 0.15) is 0 Å². The standard InChI is InChI=1S/C13H10N2S/c1-2-4-10(5-3-1)15-12-8-14-9-13-11(12)6-7-16-13/h1-9,15H. The number of pyridine rings is 1. The van der Waals surface area contributed by atoms with Gasteiger partial charge in [-0.1, -0.05) is 18.2 Å². The molecule has 0 aliphatic heterocycles. The van der Waals surface area contributed by atoms with Gasteiger partial charge in [-0.25, -0.2) is 0 Å². The molecule has 0 spiro atoms. The molecule has 2 heterocycles. The molecule has 0 saturated carbocycles. The van der Waals surface area contributed by atoms with Gasteiger partial charge in [-0.2, -0.15) is 0 Å². The Morgan fingerprint density at radius 3 is 2.75 bits per heavy atom. The summed E-state index contributed by atoms with van der Waals surface area (Å²) in [6.07, 6.45) is 3.76. The Balaban J connectivity index is 2.04. The molecule has 0 atom stereocenters. The fourth-order valence-corrected chi connectivity index (χ4v) is 2.45. The molecule has 16 heavy (non-hydrogen) atoms. The van der Waals surface area contributed by atoms with E-state index in [1.54, 1.807) is 11.3 Å². The summed E-state index contributed by atoms with van der Waals surface area (Å²) in [5.74, 6) is 0. The van der Waals surface area contributed by atoms with Gasteiger partial charge < -0.3 is 5.32 Å². The van der Waals surface area contributed by atoms with Gasteiger partial charge in [0.2, 0.25) is 0 Å². The predicted octanol–water partition coefficient (Wildman–Crippen LogP) is 4.04. The Bertz CT molecular complexity index is 601. The van der Waals surface area contributed by atoms with Gasteiger partial charge in [0.15, 0.2) is 0 Å². The smallest absolute Gasteiger partial charge is 0.0658 e. The second kappa shape index (κ2) is 3.94. The number of fused-ring (bicyclic) bond motifs is 1. The summed E-state index contributed by atoms with van der Waals surface area (Å²) in [4.78, 5) is 4.23. The van der Waals surface area contributed by atoms with Crippen molar-refractivity contribution < 1.29 is 0 Å². The third kappa shape index (κ3) is 1.66. The summed E-state index contributed by atoms with van der Waals surface area (Å²) in [7, 11) is 0. The van der Waals surface area contributed by atoms with Gasteiger partial charge >= 0.3 is 0 Å². The molecular weight excluding hydrogens is 216 g/mol. The summed E-state index contributed by atoms with van der Waals surface area (Å²) in [6, 6.07) is 12.3. The molecule has 2 nitrogen and oxygen atoms in total. The molecular formula is C13H10N2S. The zero-order chi connectivity index (χ0) is 10.8. The Morgan fingerprint density at radius 2 is 1.88 bits per heavy atom. The first-order chi connectivity index (χ1) is 7.93. The van der Waals surface area contributed by atoms with E-state index >= 15 is 0 Å². The number of nitrogens with one attached hydrogen (secondary N) is 1. The number of anilines is 2.